The van der Waals surface area contributed by atoms with Crippen LogP contribution in [0.3, 0.4) is 0 Å². The molecule has 0 aliphatic carbocycles. The summed E-state index contributed by atoms with van der Waals surface area (Å²) < 4.78 is 0. The van der Waals surface area contributed by atoms with Crippen molar-refractivity contribution in [3.8, 4) is 0 Å². The Hall–Kier alpha value is -0.0800. The van der Waals surface area contributed by atoms with E-state index in [0.717, 1.165) is 18.5 Å². The third-order valence-corrected chi connectivity index (χ3v) is 3.59. The van der Waals surface area contributed by atoms with E-state index in [-0.39, 0.29) is 0 Å². The fourth-order valence-electron chi connectivity index (χ4n) is 2.29. The van der Waals surface area contributed by atoms with Crippen molar-refractivity contribution < 1.29 is 0 Å². The molecule has 14 heavy (non-hydrogen) atoms. The number of hydrogen-bond donors (Lipinski definition) is 1. The Balaban J connectivity index is 2.24. The third-order valence-electron chi connectivity index (χ3n) is 3.59. The first-order valence-corrected chi connectivity index (χ1v) is 6.07. The molecule has 0 aromatic rings. The Morgan fingerprint density at radius 1 is 1.43 bits per heavy atom. The van der Waals surface area contributed by atoms with Gasteiger partial charge in [-0.05, 0) is 57.7 Å². The number of nitrogens with zero attached hydrogens (tertiary/aromatic N) is 1. The van der Waals surface area contributed by atoms with Crippen molar-refractivity contribution in [3.63, 3.8) is 0 Å². The lowest BCUT2D eigenvalue weighted by atomic mass is 9.93. The number of nitrogens with two attached hydrogens (primary N) is 1. The predicted octanol–water partition coefficient (Wildman–Crippen LogP) is 2.09. The van der Waals surface area contributed by atoms with Crippen LogP contribution in [0.15, 0.2) is 0 Å². The molecule has 0 amide bonds. The van der Waals surface area contributed by atoms with Crippen molar-refractivity contribution in [2.24, 2.45) is 17.6 Å². The number of hydrogen-bond acceptors (Lipinski definition) is 2. The maximum atomic E-state index is 5.63. The van der Waals surface area contributed by atoms with E-state index >= 15 is 0 Å². The van der Waals surface area contributed by atoms with Gasteiger partial charge in [0.2, 0.25) is 0 Å². The monoisotopic (exact) mass is 198 g/mol. The molecule has 2 heteroatoms. The lowest BCUT2D eigenvalue weighted by Gasteiger charge is -2.37. The zero-order valence-electron chi connectivity index (χ0n) is 10.00. The summed E-state index contributed by atoms with van der Waals surface area (Å²) >= 11 is 0. The lowest BCUT2D eigenvalue weighted by Crippen LogP contribution is -2.41. The van der Waals surface area contributed by atoms with Gasteiger partial charge in [0.15, 0.2) is 0 Å². The van der Waals surface area contributed by atoms with Crippen LogP contribution in [0.5, 0.6) is 0 Å². The van der Waals surface area contributed by atoms with Crippen molar-refractivity contribution >= 4 is 0 Å². The number of rotatable bonds is 4. The first kappa shape index (κ1) is 12.0. The highest BCUT2D eigenvalue weighted by molar-refractivity contribution is 4.77. The Labute approximate surface area is 88.8 Å². The maximum Gasteiger partial charge on any atom is 0.00694 e. The highest BCUT2D eigenvalue weighted by Crippen LogP contribution is 2.22. The molecule has 0 saturated carbocycles. The molecular weight excluding hydrogens is 172 g/mol. The molecule has 84 valence electrons. The van der Waals surface area contributed by atoms with Crippen molar-refractivity contribution in [2.75, 3.05) is 19.6 Å². The smallest absolute Gasteiger partial charge is 0.00694 e. The standard InChI is InChI=1S/C12H26N2/c1-10-4-6-14(12(3)8-10)7-5-11(2)9-13/h10-12H,4-9,13H2,1-3H3. The van der Waals surface area contributed by atoms with Gasteiger partial charge in [-0.3, -0.25) is 0 Å². The van der Waals surface area contributed by atoms with E-state index in [1.54, 1.807) is 0 Å². The zero-order valence-corrected chi connectivity index (χ0v) is 10.00. The molecule has 0 bridgehead atoms. The van der Waals surface area contributed by atoms with Crippen LogP contribution < -0.4 is 5.73 Å². The third kappa shape index (κ3) is 3.58. The number of likely N-dealkylation sites (tertiary alicyclic amines) is 1. The van der Waals surface area contributed by atoms with E-state index in [2.05, 4.69) is 25.7 Å². The molecule has 1 rings (SSSR count). The quantitative estimate of drug-likeness (QED) is 0.749. The van der Waals surface area contributed by atoms with Crippen LogP contribution in [0.2, 0.25) is 0 Å². The molecule has 0 aromatic heterocycles. The van der Waals surface area contributed by atoms with E-state index in [1.165, 1.54) is 32.4 Å². The summed E-state index contributed by atoms with van der Waals surface area (Å²) in [5, 5.41) is 0. The van der Waals surface area contributed by atoms with Gasteiger partial charge < -0.3 is 10.6 Å². The highest BCUT2D eigenvalue weighted by Gasteiger charge is 2.22. The normalized spacial score (nSPS) is 31.7. The summed E-state index contributed by atoms with van der Waals surface area (Å²) in [6.45, 7) is 10.3. The van der Waals surface area contributed by atoms with Gasteiger partial charge in [0.05, 0.1) is 0 Å². The Kier molecular flexibility index (Phi) is 4.90. The number of piperidine rings is 1. The van der Waals surface area contributed by atoms with Gasteiger partial charge >= 0.3 is 0 Å². The van der Waals surface area contributed by atoms with Crippen LogP contribution in [0.25, 0.3) is 0 Å². The minimum Gasteiger partial charge on any atom is -0.330 e. The second kappa shape index (κ2) is 5.72. The van der Waals surface area contributed by atoms with Gasteiger partial charge in [-0.25, -0.2) is 0 Å². The molecule has 0 spiro atoms. The fourth-order valence-corrected chi connectivity index (χ4v) is 2.29. The molecule has 2 N–H and O–H groups in total. The van der Waals surface area contributed by atoms with Gasteiger partial charge in [0.1, 0.15) is 0 Å². The largest absolute Gasteiger partial charge is 0.330 e. The maximum absolute atomic E-state index is 5.63. The molecule has 1 aliphatic heterocycles. The topological polar surface area (TPSA) is 29.3 Å². The van der Waals surface area contributed by atoms with E-state index in [9.17, 15) is 0 Å². The van der Waals surface area contributed by atoms with E-state index in [1.807, 2.05) is 0 Å². The highest BCUT2D eigenvalue weighted by atomic mass is 15.2. The summed E-state index contributed by atoms with van der Waals surface area (Å²) in [7, 11) is 0. The van der Waals surface area contributed by atoms with E-state index < -0.39 is 0 Å². The van der Waals surface area contributed by atoms with Crippen molar-refractivity contribution in [3.05, 3.63) is 0 Å². The summed E-state index contributed by atoms with van der Waals surface area (Å²) in [5.41, 5.74) is 5.63. The molecular formula is C12H26N2. The van der Waals surface area contributed by atoms with Crippen LogP contribution in [0.1, 0.15) is 40.0 Å². The summed E-state index contributed by atoms with van der Waals surface area (Å²) in [5.74, 6) is 1.61. The molecule has 1 heterocycles. The van der Waals surface area contributed by atoms with Gasteiger partial charge in [0.25, 0.3) is 0 Å². The predicted molar refractivity (Wildman–Crippen MR) is 62.3 cm³/mol. The Bertz CT molecular complexity index is 158. The van der Waals surface area contributed by atoms with Gasteiger partial charge in [0, 0.05) is 6.04 Å². The van der Waals surface area contributed by atoms with Crippen LogP contribution in [-0.4, -0.2) is 30.6 Å². The average molecular weight is 198 g/mol. The lowest BCUT2D eigenvalue weighted by molar-refractivity contribution is 0.123. The molecule has 3 unspecified atom stereocenters. The Morgan fingerprint density at radius 2 is 2.14 bits per heavy atom. The van der Waals surface area contributed by atoms with Crippen molar-refractivity contribution in [2.45, 2.75) is 46.1 Å². The van der Waals surface area contributed by atoms with Gasteiger partial charge in [-0.1, -0.05) is 13.8 Å². The minimum absolute atomic E-state index is 0.682. The van der Waals surface area contributed by atoms with Crippen LogP contribution in [0.4, 0.5) is 0 Å². The van der Waals surface area contributed by atoms with Crippen LogP contribution >= 0.6 is 0 Å². The van der Waals surface area contributed by atoms with Gasteiger partial charge in [-0.15, -0.1) is 0 Å². The first-order valence-electron chi connectivity index (χ1n) is 6.07. The SMILES string of the molecule is CC(CN)CCN1CCC(C)CC1C. The van der Waals surface area contributed by atoms with Gasteiger partial charge in [-0.2, -0.15) is 0 Å². The first-order chi connectivity index (χ1) is 6.63. The van der Waals surface area contributed by atoms with Crippen LogP contribution in [-0.2, 0) is 0 Å². The molecule has 1 aliphatic rings. The van der Waals surface area contributed by atoms with Crippen LogP contribution in [0, 0.1) is 11.8 Å². The van der Waals surface area contributed by atoms with Crippen molar-refractivity contribution in [1.82, 2.24) is 4.90 Å². The average Bonchev–Trinajstić information content (AvgIpc) is 2.16. The molecule has 2 nitrogen and oxygen atoms in total. The Morgan fingerprint density at radius 3 is 2.71 bits per heavy atom. The second-order valence-corrected chi connectivity index (χ2v) is 5.14. The van der Waals surface area contributed by atoms with Crippen molar-refractivity contribution in [1.29, 1.82) is 0 Å². The fraction of sp³-hybridized carbons (Fsp3) is 1.00. The molecule has 1 fully saturated rings. The summed E-state index contributed by atoms with van der Waals surface area (Å²) in [6.07, 6.45) is 4.01. The summed E-state index contributed by atoms with van der Waals surface area (Å²) in [6, 6.07) is 0.781. The van der Waals surface area contributed by atoms with E-state index in [0.29, 0.717) is 5.92 Å². The minimum atomic E-state index is 0.682. The molecule has 1 saturated heterocycles. The second-order valence-electron chi connectivity index (χ2n) is 5.14. The van der Waals surface area contributed by atoms with E-state index in [4.69, 9.17) is 5.73 Å². The molecule has 0 aromatic carbocycles. The zero-order chi connectivity index (χ0) is 10.6. The molecule has 0 radical (unpaired) electrons. The summed E-state index contributed by atoms with van der Waals surface area (Å²) in [4.78, 5) is 2.63. The molecule has 3 atom stereocenters.